The number of nitrogens with zero attached hydrogens (tertiary/aromatic N) is 3. The highest BCUT2D eigenvalue weighted by Crippen LogP contribution is 2.39. The van der Waals surface area contributed by atoms with Crippen LogP contribution in [0.2, 0.25) is 0 Å². The van der Waals surface area contributed by atoms with Gasteiger partial charge in [0.05, 0.1) is 16.1 Å². The largest absolute Gasteiger partial charge is 0.356 e. The number of aromatic nitrogens is 1. The summed E-state index contributed by atoms with van der Waals surface area (Å²) in [6.45, 7) is 2.48. The van der Waals surface area contributed by atoms with Crippen LogP contribution >= 0.6 is 0 Å². The molecule has 0 bridgehead atoms. The lowest BCUT2D eigenvalue weighted by molar-refractivity contribution is 0.0723. The van der Waals surface area contributed by atoms with Crippen LogP contribution in [0.5, 0.6) is 0 Å². The molecule has 148 valence electrons. The Labute approximate surface area is 161 Å². The Morgan fingerprint density at radius 1 is 1.00 bits per heavy atom. The Balaban J connectivity index is 1.60. The lowest BCUT2D eigenvalue weighted by Gasteiger charge is -2.44. The summed E-state index contributed by atoms with van der Waals surface area (Å²) in [6, 6.07) is 3.65. The number of hydrogen-bond acceptors (Lipinski definition) is 5. The van der Waals surface area contributed by atoms with E-state index in [0.717, 1.165) is 51.0 Å². The number of anilines is 1. The number of sulfone groups is 1. The van der Waals surface area contributed by atoms with Gasteiger partial charge in [-0.2, -0.15) is 0 Å². The first-order chi connectivity index (χ1) is 13.0. The minimum absolute atomic E-state index is 0.0662. The molecular formula is C20H29N3O3S. The van der Waals surface area contributed by atoms with Gasteiger partial charge in [0.2, 0.25) is 0 Å². The van der Waals surface area contributed by atoms with Crippen molar-refractivity contribution in [1.82, 2.24) is 9.88 Å². The van der Waals surface area contributed by atoms with Gasteiger partial charge in [0.25, 0.3) is 5.91 Å². The van der Waals surface area contributed by atoms with Gasteiger partial charge in [-0.3, -0.25) is 4.79 Å². The fourth-order valence-electron chi connectivity index (χ4n) is 4.90. The summed E-state index contributed by atoms with van der Waals surface area (Å²) in [6.07, 6.45) is 9.54. The van der Waals surface area contributed by atoms with Crippen LogP contribution in [-0.4, -0.2) is 60.9 Å². The maximum Gasteiger partial charge on any atom is 0.257 e. The van der Waals surface area contributed by atoms with E-state index in [-0.39, 0.29) is 18.2 Å². The summed E-state index contributed by atoms with van der Waals surface area (Å²) >= 11 is 0. The molecule has 3 heterocycles. The van der Waals surface area contributed by atoms with Crippen molar-refractivity contribution >= 4 is 21.6 Å². The van der Waals surface area contributed by atoms with E-state index < -0.39 is 14.6 Å². The second kappa shape index (κ2) is 7.41. The topological polar surface area (TPSA) is 70.6 Å². The molecule has 2 aliphatic heterocycles. The van der Waals surface area contributed by atoms with Crippen LogP contribution in [0.15, 0.2) is 18.3 Å². The van der Waals surface area contributed by atoms with Crippen molar-refractivity contribution in [3.63, 3.8) is 0 Å². The van der Waals surface area contributed by atoms with Crippen molar-refractivity contribution in [1.29, 1.82) is 0 Å². The number of rotatable bonds is 2. The Morgan fingerprint density at radius 2 is 1.70 bits per heavy atom. The summed E-state index contributed by atoms with van der Waals surface area (Å²) < 4.78 is 24.9. The van der Waals surface area contributed by atoms with E-state index in [4.69, 9.17) is 0 Å². The first-order valence-corrected chi connectivity index (χ1v) is 11.9. The molecule has 27 heavy (non-hydrogen) atoms. The van der Waals surface area contributed by atoms with Crippen LogP contribution < -0.4 is 4.90 Å². The minimum Gasteiger partial charge on any atom is -0.356 e. The Hall–Kier alpha value is -1.63. The van der Waals surface area contributed by atoms with Gasteiger partial charge < -0.3 is 9.80 Å². The highest BCUT2D eigenvalue weighted by atomic mass is 32.2. The number of amides is 1. The third-order valence-corrected chi connectivity index (χ3v) is 9.07. The van der Waals surface area contributed by atoms with Crippen LogP contribution in [0.1, 0.15) is 61.7 Å². The Bertz CT molecular complexity index is 796. The average molecular weight is 392 g/mol. The minimum atomic E-state index is -3.15. The molecule has 0 radical (unpaired) electrons. The number of pyridine rings is 1. The molecule has 1 aromatic rings. The van der Waals surface area contributed by atoms with Gasteiger partial charge in [-0.25, -0.2) is 13.4 Å². The molecule has 0 atom stereocenters. The molecule has 1 saturated carbocycles. The smallest absolute Gasteiger partial charge is 0.257 e. The average Bonchev–Trinajstić information content (AvgIpc) is 2.71. The Morgan fingerprint density at radius 3 is 2.44 bits per heavy atom. The van der Waals surface area contributed by atoms with E-state index in [1.54, 1.807) is 17.2 Å². The predicted octanol–water partition coefficient (Wildman–Crippen LogP) is 2.65. The standard InChI is InChI=1S/C20H29N3O3S/c24-19(17-8-7-11-21-18(17)22-12-5-2-6-13-22)23-14-15-27(25,26)20(16-23)9-3-1-4-10-20/h7-8,11H,1-6,9-10,12-16H2. The summed E-state index contributed by atoms with van der Waals surface area (Å²) in [7, 11) is -3.15. The normalized spacial score (nSPS) is 24.7. The molecule has 1 aromatic heterocycles. The first-order valence-electron chi connectivity index (χ1n) is 10.2. The second-order valence-electron chi connectivity index (χ2n) is 8.21. The highest BCUT2D eigenvalue weighted by molar-refractivity contribution is 7.92. The molecule has 7 heteroatoms. The molecule has 1 amide bonds. The van der Waals surface area contributed by atoms with E-state index in [1.807, 2.05) is 6.07 Å². The molecular weight excluding hydrogens is 362 g/mol. The predicted molar refractivity (Wildman–Crippen MR) is 106 cm³/mol. The molecule has 0 N–H and O–H groups in total. The van der Waals surface area contributed by atoms with Gasteiger partial charge in [-0.1, -0.05) is 19.3 Å². The molecule has 1 spiro atoms. The highest BCUT2D eigenvalue weighted by Gasteiger charge is 2.49. The van der Waals surface area contributed by atoms with Crippen LogP contribution in [0.3, 0.4) is 0 Å². The molecule has 1 aliphatic carbocycles. The lowest BCUT2D eigenvalue weighted by Crippen LogP contribution is -2.58. The fraction of sp³-hybridized carbons (Fsp3) is 0.700. The third kappa shape index (κ3) is 3.46. The lowest BCUT2D eigenvalue weighted by atomic mass is 9.87. The van der Waals surface area contributed by atoms with Gasteiger partial charge >= 0.3 is 0 Å². The van der Waals surface area contributed by atoms with Crippen LogP contribution in [0.4, 0.5) is 5.82 Å². The summed E-state index contributed by atoms with van der Waals surface area (Å²) in [5.41, 5.74) is 0.615. The quantitative estimate of drug-likeness (QED) is 0.775. The van der Waals surface area contributed by atoms with Gasteiger partial charge in [0.1, 0.15) is 5.82 Å². The molecule has 3 aliphatic rings. The van der Waals surface area contributed by atoms with Gasteiger partial charge in [0, 0.05) is 32.4 Å². The summed E-state index contributed by atoms with van der Waals surface area (Å²) in [5.74, 6) is 0.773. The summed E-state index contributed by atoms with van der Waals surface area (Å²) in [5, 5.41) is 0. The zero-order valence-corrected chi connectivity index (χ0v) is 16.7. The molecule has 0 aromatic carbocycles. The van der Waals surface area contributed by atoms with Crippen molar-refractivity contribution in [2.24, 2.45) is 0 Å². The zero-order valence-electron chi connectivity index (χ0n) is 15.9. The van der Waals surface area contributed by atoms with E-state index in [1.165, 1.54) is 6.42 Å². The van der Waals surface area contributed by atoms with E-state index in [9.17, 15) is 13.2 Å². The van der Waals surface area contributed by atoms with Crippen molar-refractivity contribution in [2.75, 3.05) is 36.8 Å². The molecule has 4 rings (SSSR count). The zero-order chi connectivity index (χ0) is 18.9. The van der Waals surface area contributed by atoms with Crippen molar-refractivity contribution in [2.45, 2.75) is 56.1 Å². The number of carbonyl (C=O) groups is 1. The SMILES string of the molecule is O=C(c1cccnc1N1CCCCC1)N1CCS(=O)(=O)C2(CCCCC2)C1. The number of piperidine rings is 1. The van der Waals surface area contributed by atoms with Gasteiger partial charge in [0.15, 0.2) is 9.84 Å². The molecule has 3 fully saturated rings. The number of hydrogen-bond donors (Lipinski definition) is 0. The van der Waals surface area contributed by atoms with E-state index >= 15 is 0 Å². The fourth-order valence-corrected chi connectivity index (χ4v) is 7.06. The first kappa shape index (κ1) is 18.7. The van der Waals surface area contributed by atoms with Crippen LogP contribution in [0.25, 0.3) is 0 Å². The third-order valence-electron chi connectivity index (χ3n) is 6.49. The molecule has 0 unspecified atom stereocenters. The van der Waals surface area contributed by atoms with Gasteiger partial charge in [-0.05, 0) is 44.2 Å². The Kier molecular flexibility index (Phi) is 5.14. The summed E-state index contributed by atoms with van der Waals surface area (Å²) in [4.78, 5) is 21.9. The van der Waals surface area contributed by atoms with Crippen LogP contribution in [-0.2, 0) is 9.84 Å². The molecule has 6 nitrogen and oxygen atoms in total. The maximum atomic E-state index is 13.4. The molecule has 2 saturated heterocycles. The van der Waals surface area contributed by atoms with E-state index in [0.29, 0.717) is 24.9 Å². The van der Waals surface area contributed by atoms with E-state index in [2.05, 4.69) is 9.88 Å². The van der Waals surface area contributed by atoms with Crippen molar-refractivity contribution in [3.8, 4) is 0 Å². The maximum absolute atomic E-state index is 13.4. The van der Waals surface area contributed by atoms with Crippen molar-refractivity contribution in [3.05, 3.63) is 23.9 Å². The second-order valence-corrected chi connectivity index (χ2v) is 10.7. The number of carbonyl (C=O) groups excluding carboxylic acids is 1. The monoisotopic (exact) mass is 391 g/mol. The van der Waals surface area contributed by atoms with Gasteiger partial charge in [-0.15, -0.1) is 0 Å². The van der Waals surface area contributed by atoms with Crippen molar-refractivity contribution < 1.29 is 13.2 Å². The van der Waals surface area contributed by atoms with Crippen LogP contribution in [0, 0.1) is 0 Å².